The molecule has 4 nitrogen and oxygen atoms in total. The Hall–Kier alpha value is -2.32. The molecule has 0 saturated heterocycles. The molecule has 2 aliphatic rings. The minimum absolute atomic E-state index is 0.0911. The quantitative estimate of drug-likeness (QED) is 0.594. The molecular weight excluding hydrogens is 402 g/mol. The van der Waals surface area contributed by atoms with Crippen molar-refractivity contribution in [1.82, 2.24) is 4.98 Å². The van der Waals surface area contributed by atoms with Crippen molar-refractivity contribution in [1.29, 1.82) is 5.26 Å². The third-order valence-electron chi connectivity index (χ3n) is 6.71. The first-order chi connectivity index (χ1) is 14.8. The van der Waals surface area contributed by atoms with Crippen molar-refractivity contribution < 1.29 is 4.79 Å². The lowest BCUT2D eigenvalue weighted by Crippen LogP contribution is -2.40. The molecule has 1 aliphatic carbocycles. The molecule has 31 heavy (non-hydrogen) atoms. The van der Waals surface area contributed by atoms with Gasteiger partial charge in [0.25, 0.3) is 0 Å². The highest BCUT2D eigenvalue weighted by atomic mass is 32.2. The van der Waals surface area contributed by atoms with Crippen LogP contribution in [-0.2, 0) is 24.1 Å². The van der Waals surface area contributed by atoms with Crippen LogP contribution >= 0.6 is 11.8 Å². The van der Waals surface area contributed by atoms with Gasteiger partial charge in [0.1, 0.15) is 11.1 Å². The SMILES string of the molecule is CC(Sc1nc2c(cc1C#N)CC(C(C)(C)C)CC2)C(=O)N1CCCc2ccccc21. The van der Waals surface area contributed by atoms with Gasteiger partial charge < -0.3 is 4.90 Å². The van der Waals surface area contributed by atoms with E-state index in [9.17, 15) is 10.1 Å². The van der Waals surface area contributed by atoms with Gasteiger partial charge in [-0.15, -0.1) is 0 Å². The molecule has 0 N–H and O–H groups in total. The Balaban J connectivity index is 1.55. The van der Waals surface area contributed by atoms with Gasteiger partial charge in [0.05, 0.1) is 10.8 Å². The van der Waals surface area contributed by atoms with Gasteiger partial charge in [-0.05, 0) is 73.6 Å². The molecule has 0 bridgehead atoms. The Kier molecular flexibility index (Phi) is 6.12. The molecule has 5 heteroatoms. The van der Waals surface area contributed by atoms with Gasteiger partial charge in [-0.1, -0.05) is 50.7 Å². The lowest BCUT2D eigenvalue weighted by molar-refractivity contribution is -0.117. The number of pyridine rings is 1. The maximum absolute atomic E-state index is 13.3. The van der Waals surface area contributed by atoms with Crippen LogP contribution in [0, 0.1) is 22.7 Å². The molecule has 2 unspecified atom stereocenters. The topological polar surface area (TPSA) is 57.0 Å². The van der Waals surface area contributed by atoms with Gasteiger partial charge in [-0.3, -0.25) is 4.79 Å². The van der Waals surface area contributed by atoms with E-state index in [4.69, 9.17) is 4.98 Å². The van der Waals surface area contributed by atoms with Crippen molar-refractivity contribution >= 4 is 23.4 Å². The number of nitriles is 1. The summed E-state index contributed by atoms with van der Waals surface area (Å²) in [6.07, 6.45) is 5.04. The highest BCUT2D eigenvalue weighted by Gasteiger charge is 2.31. The standard InChI is InChI=1S/C26H31N3OS/c1-17(25(30)29-13-7-9-18-8-5-6-10-23(18)29)31-24-20(16-27)14-19-15-21(26(2,3)4)11-12-22(19)28-24/h5-6,8,10,14,17,21H,7,9,11-13,15H2,1-4H3. The average Bonchev–Trinajstić information content (AvgIpc) is 2.76. The Morgan fingerprint density at radius 3 is 2.77 bits per heavy atom. The molecular formula is C26H31N3OS. The summed E-state index contributed by atoms with van der Waals surface area (Å²) in [7, 11) is 0. The van der Waals surface area contributed by atoms with E-state index in [-0.39, 0.29) is 16.6 Å². The Morgan fingerprint density at radius 2 is 2.03 bits per heavy atom. The Morgan fingerprint density at radius 1 is 1.26 bits per heavy atom. The van der Waals surface area contributed by atoms with Crippen LogP contribution in [0.4, 0.5) is 5.69 Å². The van der Waals surface area contributed by atoms with Gasteiger partial charge in [-0.2, -0.15) is 5.26 Å². The molecule has 1 amide bonds. The molecule has 162 valence electrons. The number of nitrogens with zero attached hydrogens (tertiary/aromatic N) is 3. The molecule has 2 aromatic rings. The molecule has 1 aromatic carbocycles. The monoisotopic (exact) mass is 433 g/mol. The van der Waals surface area contributed by atoms with Crippen LogP contribution in [0.2, 0.25) is 0 Å². The minimum Gasteiger partial charge on any atom is -0.311 e. The number of aromatic nitrogens is 1. The van der Waals surface area contributed by atoms with Crippen molar-refractivity contribution in [2.24, 2.45) is 11.3 Å². The second kappa shape index (κ2) is 8.67. The number of aryl methyl sites for hydroxylation is 2. The summed E-state index contributed by atoms with van der Waals surface area (Å²) < 4.78 is 0. The van der Waals surface area contributed by atoms with E-state index in [0.717, 1.165) is 50.0 Å². The number of carbonyl (C=O) groups is 1. The summed E-state index contributed by atoms with van der Waals surface area (Å²) in [6.45, 7) is 9.55. The number of rotatable bonds is 3. The molecule has 0 fully saturated rings. The number of hydrogen-bond donors (Lipinski definition) is 0. The largest absolute Gasteiger partial charge is 0.311 e. The molecule has 0 saturated carbocycles. The van der Waals surface area contributed by atoms with Crippen molar-refractivity contribution in [3.8, 4) is 6.07 Å². The van der Waals surface area contributed by atoms with E-state index in [0.29, 0.717) is 16.5 Å². The van der Waals surface area contributed by atoms with Gasteiger partial charge in [0.15, 0.2) is 0 Å². The summed E-state index contributed by atoms with van der Waals surface area (Å²) >= 11 is 1.43. The smallest absolute Gasteiger partial charge is 0.240 e. The van der Waals surface area contributed by atoms with E-state index in [1.54, 1.807) is 0 Å². The number of benzene rings is 1. The first kappa shape index (κ1) is 21.9. The molecule has 2 heterocycles. The summed E-state index contributed by atoms with van der Waals surface area (Å²) in [6, 6.07) is 12.5. The minimum atomic E-state index is -0.297. The third-order valence-corrected chi connectivity index (χ3v) is 7.80. The zero-order chi connectivity index (χ0) is 22.2. The van der Waals surface area contributed by atoms with Crippen LogP contribution in [0.25, 0.3) is 0 Å². The third kappa shape index (κ3) is 4.50. The van der Waals surface area contributed by atoms with Gasteiger partial charge in [0.2, 0.25) is 5.91 Å². The second-order valence-electron chi connectivity index (χ2n) is 9.85. The number of hydrogen-bond acceptors (Lipinski definition) is 4. The van der Waals surface area contributed by atoms with Crippen LogP contribution in [0.3, 0.4) is 0 Å². The second-order valence-corrected chi connectivity index (χ2v) is 11.2. The average molecular weight is 434 g/mol. The molecule has 2 atom stereocenters. The van der Waals surface area contributed by atoms with Gasteiger partial charge >= 0.3 is 0 Å². The predicted octanol–water partition coefficient (Wildman–Crippen LogP) is 5.56. The zero-order valence-electron chi connectivity index (χ0n) is 18.9. The fourth-order valence-electron chi connectivity index (χ4n) is 4.75. The molecule has 0 spiro atoms. The van der Waals surface area contributed by atoms with Crippen LogP contribution in [0.15, 0.2) is 35.4 Å². The Labute approximate surface area is 190 Å². The van der Waals surface area contributed by atoms with Gasteiger partial charge in [0, 0.05) is 17.9 Å². The summed E-state index contributed by atoms with van der Waals surface area (Å²) in [5.41, 5.74) is 5.41. The summed E-state index contributed by atoms with van der Waals surface area (Å²) in [5.74, 6) is 0.694. The van der Waals surface area contributed by atoms with Crippen molar-refractivity contribution in [3.05, 3.63) is 52.7 Å². The maximum Gasteiger partial charge on any atom is 0.240 e. The molecule has 0 radical (unpaired) electrons. The fraction of sp³-hybridized carbons (Fsp3) is 0.500. The number of thioether (sulfide) groups is 1. The van der Waals surface area contributed by atoms with E-state index >= 15 is 0 Å². The fourth-order valence-corrected chi connectivity index (χ4v) is 5.71. The molecule has 1 aliphatic heterocycles. The summed E-state index contributed by atoms with van der Waals surface area (Å²) in [5, 5.41) is 10.2. The van der Waals surface area contributed by atoms with Crippen molar-refractivity contribution in [3.63, 3.8) is 0 Å². The highest BCUT2D eigenvalue weighted by Crippen LogP contribution is 2.39. The van der Waals surface area contributed by atoms with Crippen LogP contribution < -0.4 is 4.90 Å². The molecule has 1 aromatic heterocycles. The van der Waals surface area contributed by atoms with Crippen LogP contribution in [0.1, 0.15) is 62.9 Å². The number of fused-ring (bicyclic) bond motifs is 2. The maximum atomic E-state index is 13.3. The lowest BCUT2D eigenvalue weighted by Gasteiger charge is -2.35. The Bertz CT molecular complexity index is 1030. The van der Waals surface area contributed by atoms with Crippen LogP contribution in [0.5, 0.6) is 0 Å². The number of anilines is 1. The summed E-state index contributed by atoms with van der Waals surface area (Å²) in [4.78, 5) is 20.1. The van der Waals surface area contributed by atoms with E-state index in [1.165, 1.54) is 22.9 Å². The van der Waals surface area contributed by atoms with Crippen molar-refractivity contribution in [2.45, 2.75) is 70.1 Å². The zero-order valence-corrected chi connectivity index (χ0v) is 19.8. The first-order valence-corrected chi connectivity index (χ1v) is 12.1. The van der Waals surface area contributed by atoms with Crippen LogP contribution in [-0.4, -0.2) is 22.7 Å². The number of para-hydroxylation sites is 1. The highest BCUT2D eigenvalue weighted by molar-refractivity contribution is 8.00. The first-order valence-electron chi connectivity index (χ1n) is 11.3. The number of amides is 1. The molecule has 4 rings (SSSR count). The predicted molar refractivity (Wildman–Crippen MR) is 126 cm³/mol. The lowest BCUT2D eigenvalue weighted by atomic mass is 9.71. The van der Waals surface area contributed by atoms with E-state index in [2.05, 4.69) is 32.9 Å². The normalized spacial score (nSPS) is 19.2. The number of carbonyl (C=O) groups excluding carboxylic acids is 1. The van der Waals surface area contributed by atoms with E-state index in [1.807, 2.05) is 36.1 Å². The van der Waals surface area contributed by atoms with E-state index < -0.39 is 0 Å². The van der Waals surface area contributed by atoms with Crippen molar-refractivity contribution in [2.75, 3.05) is 11.4 Å². The van der Waals surface area contributed by atoms with Gasteiger partial charge in [-0.25, -0.2) is 4.98 Å².